The average Bonchev–Trinajstić information content (AvgIpc) is 2.75. The molecule has 4 N–H and O–H groups in total. The van der Waals surface area contributed by atoms with Crippen molar-refractivity contribution in [1.82, 2.24) is 5.32 Å². The van der Waals surface area contributed by atoms with Crippen molar-refractivity contribution in [2.24, 2.45) is 0 Å². The van der Waals surface area contributed by atoms with Gasteiger partial charge in [0.15, 0.2) is 0 Å². The Balaban J connectivity index is 2.13. The van der Waals surface area contributed by atoms with Gasteiger partial charge in [0.1, 0.15) is 12.4 Å². The van der Waals surface area contributed by atoms with Gasteiger partial charge in [0, 0.05) is 17.3 Å². The monoisotopic (exact) mass is 383 g/mol. The molecule has 0 aliphatic rings. The van der Waals surface area contributed by atoms with Crippen molar-refractivity contribution in [3.8, 4) is 5.75 Å². The number of hydrogen-bond acceptors (Lipinski definition) is 5. The van der Waals surface area contributed by atoms with Crippen LogP contribution in [-0.4, -0.2) is 46.8 Å². The minimum Gasteiger partial charge on any atom is -0.490 e. The molecule has 0 amide bonds. The topological polar surface area (TPSA) is 82.0 Å². The second-order valence-electron chi connectivity index (χ2n) is 7.50. The number of aliphatic hydroxyl groups is 3. The Morgan fingerprint density at radius 3 is 1.89 bits per heavy atom. The molecule has 0 spiro atoms. The number of ether oxygens (including phenoxy) is 1. The molecule has 3 aromatic carbocycles. The van der Waals surface area contributed by atoms with Crippen LogP contribution in [0.3, 0.4) is 0 Å². The van der Waals surface area contributed by atoms with Crippen molar-refractivity contribution >= 4 is 21.5 Å². The Labute approximate surface area is 165 Å². The third kappa shape index (κ3) is 4.13. The summed E-state index contributed by atoms with van der Waals surface area (Å²) < 4.78 is 6.08. The molecule has 0 saturated carbocycles. The number of aliphatic hydroxyl groups excluding tert-OH is 3. The zero-order valence-electron chi connectivity index (χ0n) is 16.5. The quantitative estimate of drug-likeness (QED) is 0.427. The van der Waals surface area contributed by atoms with Crippen molar-refractivity contribution in [1.29, 1.82) is 0 Å². The maximum absolute atomic E-state index is 9.96. The van der Waals surface area contributed by atoms with Crippen LogP contribution in [0, 0.1) is 0 Å². The molecule has 0 fully saturated rings. The van der Waals surface area contributed by atoms with Gasteiger partial charge >= 0.3 is 0 Å². The van der Waals surface area contributed by atoms with E-state index in [9.17, 15) is 15.3 Å². The molecule has 5 heteroatoms. The van der Waals surface area contributed by atoms with E-state index in [1.54, 1.807) is 6.92 Å². The molecule has 1 atom stereocenters. The average molecular weight is 383 g/mol. The van der Waals surface area contributed by atoms with E-state index in [0.29, 0.717) is 13.0 Å². The zero-order chi connectivity index (χ0) is 20.1. The Bertz CT molecular complexity index is 879. The van der Waals surface area contributed by atoms with Gasteiger partial charge in [-0.15, -0.1) is 0 Å². The van der Waals surface area contributed by atoms with E-state index in [4.69, 9.17) is 4.74 Å². The Kier molecular flexibility index (Phi) is 6.52. The van der Waals surface area contributed by atoms with E-state index in [1.807, 2.05) is 43.3 Å². The fraction of sp³-hybridized carbons (Fsp3) is 0.391. The summed E-state index contributed by atoms with van der Waals surface area (Å²) in [6.45, 7) is 4.15. The zero-order valence-corrected chi connectivity index (χ0v) is 16.5. The highest BCUT2D eigenvalue weighted by Crippen LogP contribution is 2.38. The molecule has 3 rings (SSSR count). The molecule has 0 aromatic heterocycles. The van der Waals surface area contributed by atoms with Crippen LogP contribution >= 0.6 is 0 Å². The minimum absolute atomic E-state index is 0.157. The van der Waals surface area contributed by atoms with Crippen LogP contribution in [0.5, 0.6) is 5.75 Å². The summed E-state index contributed by atoms with van der Waals surface area (Å²) in [5.41, 5.74) is 0.325. The van der Waals surface area contributed by atoms with Gasteiger partial charge in [0.2, 0.25) is 0 Å². The molecule has 0 heterocycles. The van der Waals surface area contributed by atoms with E-state index in [0.717, 1.165) is 32.9 Å². The third-order valence-electron chi connectivity index (χ3n) is 5.27. The smallest absolute Gasteiger partial charge is 0.135 e. The van der Waals surface area contributed by atoms with E-state index in [2.05, 4.69) is 17.4 Å². The molecule has 150 valence electrons. The van der Waals surface area contributed by atoms with Gasteiger partial charge in [-0.05, 0) is 29.7 Å². The highest BCUT2D eigenvalue weighted by atomic mass is 16.5. The number of nitrogens with one attached hydrogen (secondary N) is 1. The molecular formula is C23H29NO4. The predicted molar refractivity (Wildman–Crippen MR) is 113 cm³/mol. The van der Waals surface area contributed by atoms with Gasteiger partial charge in [-0.2, -0.15) is 0 Å². The van der Waals surface area contributed by atoms with Gasteiger partial charge in [-0.3, -0.25) is 0 Å². The lowest BCUT2D eigenvalue weighted by atomic mass is 9.94. The lowest BCUT2D eigenvalue weighted by molar-refractivity contribution is 0.103. The van der Waals surface area contributed by atoms with Crippen molar-refractivity contribution in [2.75, 3.05) is 19.8 Å². The number of fused-ring (bicyclic) bond motifs is 2. The first-order valence-corrected chi connectivity index (χ1v) is 9.73. The molecule has 0 aliphatic heterocycles. The van der Waals surface area contributed by atoms with E-state index in [1.165, 1.54) is 0 Å². The van der Waals surface area contributed by atoms with Gasteiger partial charge in [0.05, 0.1) is 24.9 Å². The minimum atomic E-state index is -0.761. The first kappa shape index (κ1) is 20.6. The molecule has 0 bridgehead atoms. The second kappa shape index (κ2) is 8.88. The van der Waals surface area contributed by atoms with Crippen LogP contribution in [0.25, 0.3) is 21.5 Å². The van der Waals surface area contributed by atoms with Gasteiger partial charge in [-0.1, -0.05) is 55.5 Å². The lowest BCUT2D eigenvalue weighted by Crippen LogP contribution is -2.48. The maximum atomic E-state index is 9.96. The molecule has 0 aliphatic carbocycles. The number of benzene rings is 3. The van der Waals surface area contributed by atoms with Crippen LogP contribution in [-0.2, 0) is 6.54 Å². The van der Waals surface area contributed by atoms with E-state index < -0.39 is 11.6 Å². The predicted octanol–water partition coefficient (Wildman–Crippen LogP) is 2.98. The third-order valence-corrected chi connectivity index (χ3v) is 5.27. The van der Waals surface area contributed by atoms with Crippen molar-refractivity contribution in [3.05, 3.63) is 54.1 Å². The summed E-state index contributed by atoms with van der Waals surface area (Å²) in [6.07, 6.45) is 0.132. The molecule has 1 unspecified atom stereocenters. The molecule has 5 nitrogen and oxygen atoms in total. The highest BCUT2D eigenvalue weighted by Gasteiger charge is 2.23. The van der Waals surface area contributed by atoms with Crippen LogP contribution in [0.15, 0.2) is 48.5 Å². The van der Waals surface area contributed by atoms with Crippen molar-refractivity contribution < 1.29 is 20.1 Å². The van der Waals surface area contributed by atoms with Crippen LogP contribution in [0.1, 0.15) is 25.8 Å². The second-order valence-corrected chi connectivity index (χ2v) is 7.50. The SMILES string of the molecule is CCC(O)COc1c2ccccc2c(CNC(C)(CO)CO)c2ccccc12. The molecule has 0 radical (unpaired) electrons. The fourth-order valence-corrected chi connectivity index (χ4v) is 3.29. The normalized spacial score (nSPS) is 13.2. The standard InChI is InChI=1S/C23H29NO4/c1-3-16(27)13-28-22-19-10-6-4-8-17(19)21(12-24-23(2,14-25)15-26)18-9-5-7-11-20(18)22/h4-11,16,24-27H,3,12-15H2,1-2H3. The van der Waals surface area contributed by atoms with Crippen LogP contribution in [0.4, 0.5) is 0 Å². The van der Waals surface area contributed by atoms with Gasteiger partial charge < -0.3 is 25.4 Å². The molecule has 28 heavy (non-hydrogen) atoms. The Hall–Kier alpha value is -2.18. The molecular weight excluding hydrogens is 354 g/mol. The number of rotatable bonds is 9. The molecule has 0 saturated heterocycles. The maximum Gasteiger partial charge on any atom is 0.135 e. The van der Waals surface area contributed by atoms with Crippen molar-refractivity contribution in [2.45, 2.75) is 38.5 Å². The first-order valence-electron chi connectivity index (χ1n) is 9.73. The summed E-state index contributed by atoms with van der Waals surface area (Å²) in [6, 6.07) is 16.1. The first-order chi connectivity index (χ1) is 13.5. The van der Waals surface area contributed by atoms with Crippen LogP contribution < -0.4 is 10.1 Å². The largest absolute Gasteiger partial charge is 0.490 e. The van der Waals surface area contributed by atoms with Crippen LogP contribution in [0.2, 0.25) is 0 Å². The summed E-state index contributed by atoms with van der Waals surface area (Å²) >= 11 is 0. The summed E-state index contributed by atoms with van der Waals surface area (Å²) in [5, 5.41) is 36.5. The Morgan fingerprint density at radius 2 is 1.43 bits per heavy atom. The van der Waals surface area contributed by atoms with Crippen molar-refractivity contribution in [3.63, 3.8) is 0 Å². The fourth-order valence-electron chi connectivity index (χ4n) is 3.29. The lowest BCUT2D eigenvalue weighted by Gasteiger charge is -2.27. The summed E-state index contributed by atoms with van der Waals surface area (Å²) in [5.74, 6) is 0.773. The Morgan fingerprint density at radius 1 is 0.929 bits per heavy atom. The van der Waals surface area contributed by atoms with Gasteiger partial charge in [0.25, 0.3) is 0 Å². The van der Waals surface area contributed by atoms with E-state index in [-0.39, 0.29) is 19.8 Å². The summed E-state index contributed by atoms with van der Waals surface area (Å²) in [7, 11) is 0. The van der Waals surface area contributed by atoms with Gasteiger partial charge in [-0.25, -0.2) is 0 Å². The molecule has 3 aromatic rings. The number of hydrogen-bond donors (Lipinski definition) is 4. The highest BCUT2D eigenvalue weighted by molar-refractivity contribution is 6.08. The van der Waals surface area contributed by atoms with E-state index >= 15 is 0 Å². The summed E-state index contributed by atoms with van der Waals surface area (Å²) in [4.78, 5) is 0.